The van der Waals surface area contributed by atoms with Gasteiger partial charge in [-0.25, -0.2) is 0 Å². The van der Waals surface area contributed by atoms with E-state index in [2.05, 4.69) is 5.32 Å². The normalized spacial score (nSPS) is 13.2. The Labute approximate surface area is 212 Å². The summed E-state index contributed by atoms with van der Waals surface area (Å²) in [5, 5.41) is 4.79. The molecule has 0 aromatic heterocycles. The largest absolute Gasteiger partial charge is 0.497 e. The molecule has 1 aliphatic heterocycles. The van der Waals surface area contributed by atoms with Crippen LogP contribution in [0.25, 0.3) is 10.8 Å². The number of hydrogen-bond acceptors (Lipinski definition) is 4. The van der Waals surface area contributed by atoms with Gasteiger partial charge in [0.25, 0.3) is 5.91 Å². The molecule has 1 aliphatic rings. The molecule has 1 heterocycles. The number of carbonyl (C=O) groups is 3. The summed E-state index contributed by atoms with van der Waals surface area (Å²) in [6, 6.07) is 18.1. The van der Waals surface area contributed by atoms with E-state index in [1.165, 1.54) is 4.90 Å². The van der Waals surface area contributed by atoms with E-state index < -0.39 is 6.04 Å². The average Bonchev–Trinajstić information content (AvgIpc) is 3.15. The van der Waals surface area contributed by atoms with Crippen LogP contribution in [-0.4, -0.2) is 48.9 Å². The van der Waals surface area contributed by atoms with Gasteiger partial charge in [-0.05, 0) is 47.6 Å². The Kier molecular flexibility index (Phi) is 7.58. The Balaban J connectivity index is 1.64. The third-order valence-electron chi connectivity index (χ3n) is 6.50. The second-order valence-corrected chi connectivity index (χ2v) is 9.51. The third kappa shape index (κ3) is 5.05. The Morgan fingerprint density at radius 2 is 1.78 bits per heavy atom. The van der Waals surface area contributed by atoms with Gasteiger partial charge in [0.2, 0.25) is 11.8 Å². The van der Waals surface area contributed by atoms with Gasteiger partial charge in [0.15, 0.2) is 0 Å². The van der Waals surface area contributed by atoms with Gasteiger partial charge in [0.05, 0.1) is 12.8 Å². The summed E-state index contributed by atoms with van der Waals surface area (Å²) in [5.41, 5.74) is 2.16. The molecule has 4 rings (SSSR count). The number of methoxy groups -OCH3 is 1. The molecule has 0 aliphatic carbocycles. The van der Waals surface area contributed by atoms with Gasteiger partial charge in [0.1, 0.15) is 18.3 Å². The lowest BCUT2D eigenvalue weighted by Gasteiger charge is -2.32. The van der Waals surface area contributed by atoms with Crippen molar-refractivity contribution in [1.29, 1.82) is 0 Å². The van der Waals surface area contributed by atoms with Crippen molar-refractivity contribution in [2.75, 3.05) is 25.1 Å². The molecule has 0 bridgehead atoms. The van der Waals surface area contributed by atoms with Gasteiger partial charge < -0.3 is 15.0 Å². The number of nitrogens with one attached hydrogen (secondary N) is 1. The molecule has 36 heavy (non-hydrogen) atoms. The van der Waals surface area contributed by atoms with Crippen LogP contribution >= 0.6 is 0 Å². The summed E-state index contributed by atoms with van der Waals surface area (Å²) < 4.78 is 5.35. The number of nitrogens with zero attached hydrogens (tertiary/aromatic N) is 2. The van der Waals surface area contributed by atoms with Gasteiger partial charge in [-0.15, -0.1) is 0 Å². The maximum absolute atomic E-state index is 13.8. The molecular weight excluding hydrogens is 454 g/mol. The van der Waals surface area contributed by atoms with E-state index in [0.717, 1.165) is 22.0 Å². The first kappa shape index (κ1) is 25.2. The molecule has 0 radical (unpaired) electrons. The highest BCUT2D eigenvalue weighted by molar-refractivity contribution is 6.26. The molecule has 0 spiro atoms. The van der Waals surface area contributed by atoms with Crippen LogP contribution < -0.4 is 15.0 Å². The van der Waals surface area contributed by atoms with Crippen molar-refractivity contribution in [2.24, 2.45) is 5.92 Å². The SMILES string of the molecule is CC[C@@H](C(=O)NCC(C)C)N(Cc1cccc(OC)c1)C(=O)CN1C(=O)c2cccc3cccc1c23. The first-order chi connectivity index (χ1) is 17.3. The van der Waals surface area contributed by atoms with E-state index in [-0.39, 0.29) is 36.7 Å². The maximum Gasteiger partial charge on any atom is 0.259 e. The van der Waals surface area contributed by atoms with Crippen molar-refractivity contribution in [2.45, 2.75) is 39.8 Å². The number of rotatable bonds is 10. The molecule has 0 unspecified atom stereocenters. The summed E-state index contributed by atoms with van der Waals surface area (Å²) in [4.78, 5) is 43.4. The molecule has 7 nitrogen and oxygen atoms in total. The average molecular weight is 488 g/mol. The molecule has 188 valence electrons. The van der Waals surface area contributed by atoms with Crippen LogP contribution in [0.5, 0.6) is 5.75 Å². The zero-order chi connectivity index (χ0) is 25.8. The minimum Gasteiger partial charge on any atom is -0.497 e. The van der Waals surface area contributed by atoms with Crippen molar-refractivity contribution in [3.05, 3.63) is 71.8 Å². The monoisotopic (exact) mass is 487 g/mol. The third-order valence-corrected chi connectivity index (χ3v) is 6.50. The van der Waals surface area contributed by atoms with E-state index in [1.54, 1.807) is 18.1 Å². The maximum atomic E-state index is 13.8. The highest BCUT2D eigenvalue weighted by Gasteiger charge is 2.35. The fraction of sp³-hybridized carbons (Fsp3) is 0.345. The van der Waals surface area contributed by atoms with E-state index >= 15 is 0 Å². The van der Waals surface area contributed by atoms with Crippen molar-refractivity contribution in [3.63, 3.8) is 0 Å². The fourth-order valence-corrected chi connectivity index (χ4v) is 4.67. The molecule has 7 heteroatoms. The van der Waals surface area contributed by atoms with E-state index in [9.17, 15) is 14.4 Å². The van der Waals surface area contributed by atoms with Crippen molar-refractivity contribution >= 4 is 34.2 Å². The minimum absolute atomic E-state index is 0.148. The zero-order valence-electron chi connectivity index (χ0n) is 21.3. The van der Waals surface area contributed by atoms with Gasteiger partial charge in [-0.1, -0.05) is 57.2 Å². The van der Waals surface area contributed by atoms with Crippen LogP contribution in [0.15, 0.2) is 60.7 Å². The Bertz CT molecular complexity index is 1280. The van der Waals surface area contributed by atoms with Crippen molar-refractivity contribution < 1.29 is 19.1 Å². The molecule has 0 saturated heterocycles. The van der Waals surface area contributed by atoms with E-state index in [1.807, 2.05) is 75.4 Å². The molecule has 3 aromatic rings. The quantitative estimate of drug-likeness (QED) is 0.460. The number of ether oxygens (including phenoxy) is 1. The second-order valence-electron chi connectivity index (χ2n) is 9.51. The molecule has 0 fully saturated rings. The summed E-state index contributed by atoms with van der Waals surface area (Å²) >= 11 is 0. The lowest BCUT2D eigenvalue weighted by atomic mass is 10.1. The van der Waals surface area contributed by atoms with Crippen LogP contribution in [0.4, 0.5) is 5.69 Å². The summed E-state index contributed by atoms with van der Waals surface area (Å²) in [5.74, 6) is 0.279. The Hall–Kier alpha value is -3.87. The Morgan fingerprint density at radius 3 is 2.47 bits per heavy atom. The highest BCUT2D eigenvalue weighted by atomic mass is 16.5. The number of anilines is 1. The standard InChI is InChI=1S/C29H33N3O4/c1-5-24(28(34)30-16-19(2)3)31(17-20-9-6-12-22(15-20)36-4)26(33)18-32-25-14-8-11-21-10-7-13-23(27(21)25)29(32)35/h6-15,19,24H,5,16-18H2,1-4H3,(H,30,34)/t24-/m0/s1. The topological polar surface area (TPSA) is 79.0 Å². The lowest BCUT2D eigenvalue weighted by molar-refractivity contribution is -0.140. The Morgan fingerprint density at radius 1 is 1.06 bits per heavy atom. The zero-order valence-corrected chi connectivity index (χ0v) is 21.3. The van der Waals surface area contributed by atoms with Crippen molar-refractivity contribution in [1.82, 2.24) is 10.2 Å². The molecule has 3 aromatic carbocycles. The lowest BCUT2D eigenvalue weighted by Crippen LogP contribution is -2.52. The molecule has 3 amide bonds. The summed E-state index contributed by atoms with van der Waals surface area (Å²) in [7, 11) is 1.59. The van der Waals surface area contributed by atoms with Gasteiger partial charge in [-0.3, -0.25) is 19.3 Å². The van der Waals surface area contributed by atoms with Gasteiger partial charge in [0, 0.05) is 24.0 Å². The van der Waals surface area contributed by atoms with Gasteiger partial charge >= 0.3 is 0 Å². The molecule has 1 N–H and O–H groups in total. The second kappa shape index (κ2) is 10.8. The van der Waals surface area contributed by atoms with Crippen LogP contribution in [0.2, 0.25) is 0 Å². The summed E-state index contributed by atoms with van der Waals surface area (Å²) in [6.45, 7) is 6.55. The summed E-state index contributed by atoms with van der Waals surface area (Å²) in [6.07, 6.45) is 0.448. The first-order valence-corrected chi connectivity index (χ1v) is 12.4. The van der Waals surface area contributed by atoms with Crippen molar-refractivity contribution in [3.8, 4) is 5.75 Å². The molecule has 0 saturated carbocycles. The number of carbonyl (C=O) groups excluding carboxylic acids is 3. The van der Waals surface area contributed by atoms with Crippen LogP contribution in [0.3, 0.4) is 0 Å². The predicted molar refractivity (Wildman–Crippen MR) is 141 cm³/mol. The molecule has 1 atom stereocenters. The minimum atomic E-state index is -0.668. The van der Waals surface area contributed by atoms with E-state index in [0.29, 0.717) is 24.3 Å². The van der Waals surface area contributed by atoms with Crippen LogP contribution in [0, 0.1) is 5.92 Å². The molecular formula is C29H33N3O4. The number of amides is 3. The predicted octanol–water partition coefficient (Wildman–Crippen LogP) is 4.39. The van der Waals surface area contributed by atoms with Crippen LogP contribution in [0.1, 0.15) is 43.1 Å². The first-order valence-electron chi connectivity index (χ1n) is 12.4. The number of hydrogen-bond donors (Lipinski definition) is 1. The smallest absolute Gasteiger partial charge is 0.259 e. The van der Waals surface area contributed by atoms with Gasteiger partial charge in [-0.2, -0.15) is 0 Å². The fourth-order valence-electron chi connectivity index (χ4n) is 4.67. The highest BCUT2D eigenvalue weighted by Crippen LogP contribution is 2.37. The van der Waals surface area contributed by atoms with Crippen LogP contribution in [-0.2, 0) is 16.1 Å². The van der Waals surface area contributed by atoms with E-state index in [4.69, 9.17) is 4.74 Å². The number of benzene rings is 3.